The molecule has 6 nitrogen and oxygen atoms in total. The second-order valence-corrected chi connectivity index (χ2v) is 6.11. The molecule has 1 aliphatic heterocycles. The molecule has 3 rings (SSSR count). The number of ether oxygens (including phenoxy) is 1. The van der Waals surface area contributed by atoms with Gasteiger partial charge in [0.2, 0.25) is 5.91 Å². The normalized spacial score (nSPS) is 17.1. The van der Waals surface area contributed by atoms with Gasteiger partial charge in [-0.2, -0.15) is 5.10 Å². The van der Waals surface area contributed by atoms with Crippen LogP contribution in [0.5, 0.6) is 5.75 Å². The number of rotatable bonds is 7. The average Bonchev–Trinajstić information content (AvgIpc) is 3.19. The number of unbranched alkanes of at least 4 members (excludes halogenated alkanes) is 1. The molecule has 6 heteroatoms. The van der Waals surface area contributed by atoms with Crippen molar-refractivity contribution in [3.63, 3.8) is 0 Å². The number of carbonyl (C=O) groups is 1. The van der Waals surface area contributed by atoms with E-state index < -0.39 is 0 Å². The number of hydrogen-bond acceptors (Lipinski definition) is 4. The molecule has 0 saturated carbocycles. The predicted molar refractivity (Wildman–Crippen MR) is 90.8 cm³/mol. The van der Waals surface area contributed by atoms with Crippen molar-refractivity contribution in [1.29, 1.82) is 0 Å². The van der Waals surface area contributed by atoms with Crippen molar-refractivity contribution in [2.75, 3.05) is 7.11 Å². The number of aromatic nitrogens is 3. The molecular weight excluding hydrogens is 304 g/mol. The second kappa shape index (κ2) is 7.47. The molecule has 1 aromatic heterocycles. The Morgan fingerprint density at radius 2 is 2.21 bits per heavy atom. The van der Waals surface area contributed by atoms with Crippen LogP contribution < -0.4 is 10.1 Å². The van der Waals surface area contributed by atoms with Gasteiger partial charge in [0.1, 0.15) is 11.6 Å². The Morgan fingerprint density at radius 1 is 1.38 bits per heavy atom. The number of para-hydroxylation sites is 1. The van der Waals surface area contributed by atoms with Gasteiger partial charge >= 0.3 is 0 Å². The Balaban J connectivity index is 1.85. The summed E-state index contributed by atoms with van der Waals surface area (Å²) >= 11 is 0. The van der Waals surface area contributed by atoms with E-state index in [4.69, 9.17) is 9.72 Å². The van der Waals surface area contributed by atoms with Crippen LogP contribution in [0, 0.1) is 0 Å². The highest BCUT2D eigenvalue weighted by Gasteiger charge is 2.27. The summed E-state index contributed by atoms with van der Waals surface area (Å²) in [4.78, 5) is 16.3. The number of carbonyl (C=O) groups excluding carboxylic acids is 1. The number of nitrogens with zero attached hydrogens (tertiary/aromatic N) is 3. The first-order chi connectivity index (χ1) is 11.7. The standard InChI is InChI=1S/C18H24N4O2/c1-3-4-11-22-18(14-9-10-17(23)19-14)20-16(21-22)12-13-7-5-6-8-15(13)24-2/h5-8,14H,3-4,9-12H2,1-2H3,(H,19,23)/t14-/m1/s1. The van der Waals surface area contributed by atoms with Crippen LogP contribution in [-0.4, -0.2) is 27.8 Å². The maximum Gasteiger partial charge on any atom is 0.220 e. The quantitative estimate of drug-likeness (QED) is 0.848. The summed E-state index contributed by atoms with van der Waals surface area (Å²) in [6, 6.07) is 7.90. The molecule has 1 saturated heterocycles. The molecule has 1 amide bonds. The van der Waals surface area contributed by atoms with Crippen LogP contribution >= 0.6 is 0 Å². The van der Waals surface area contributed by atoms with E-state index in [1.165, 1.54) is 0 Å². The molecule has 2 aromatic rings. The van der Waals surface area contributed by atoms with Crippen molar-refractivity contribution in [3.05, 3.63) is 41.5 Å². The lowest BCUT2D eigenvalue weighted by molar-refractivity contribution is -0.119. The smallest absolute Gasteiger partial charge is 0.220 e. The van der Waals surface area contributed by atoms with Crippen LogP contribution in [0.25, 0.3) is 0 Å². The van der Waals surface area contributed by atoms with Gasteiger partial charge in [-0.05, 0) is 18.9 Å². The van der Waals surface area contributed by atoms with Crippen molar-refractivity contribution >= 4 is 5.91 Å². The molecule has 1 fully saturated rings. The van der Waals surface area contributed by atoms with E-state index in [1.807, 2.05) is 28.9 Å². The van der Waals surface area contributed by atoms with Gasteiger partial charge in [-0.15, -0.1) is 0 Å². The number of hydrogen-bond donors (Lipinski definition) is 1. The lowest BCUT2D eigenvalue weighted by Gasteiger charge is -2.10. The lowest BCUT2D eigenvalue weighted by Crippen LogP contribution is -2.22. The highest BCUT2D eigenvalue weighted by molar-refractivity contribution is 5.78. The minimum absolute atomic E-state index is 0.0201. The Morgan fingerprint density at radius 3 is 2.92 bits per heavy atom. The largest absolute Gasteiger partial charge is 0.496 e. The van der Waals surface area contributed by atoms with E-state index in [2.05, 4.69) is 17.3 Å². The molecule has 0 unspecified atom stereocenters. The Kier molecular flexibility index (Phi) is 5.13. The molecule has 128 valence electrons. The number of methoxy groups -OCH3 is 1. The van der Waals surface area contributed by atoms with Gasteiger partial charge in [0.25, 0.3) is 0 Å². The number of benzene rings is 1. The lowest BCUT2D eigenvalue weighted by atomic mass is 10.1. The summed E-state index contributed by atoms with van der Waals surface area (Å²) in [6.07, 6.45) is 4.12. The van der Waals surface area contributed by atoms with Crippen LogP contribution in [0.1, 0.15) is 55.9 Å². The van der Waals surface area contributed by atoms with Gasteiger partial charge in [0, 0.05) is 24.9 Å². The zero-order valence-corrected chi connectivity index (χ0v) is 14.3. The minimum atomic E-state index is -0.0201. The maximum absolute atomic E-state index is 11.5. The van der Waals surface area contributed by atoms with Crippen molar-refractivity contribution < 1.29 is 9.53 Å². The number of aryl methyl sites for hydroxylation is 1. The zero-order valence-electron chi connectivity index (χ0n) is 14.3. The Hall–Kier alpha value is -2.37. The fourth-order valence-electron chi connectivity index (χ4n) is 3.04. The molecule has 1 atom stereocenters. The Labute approximate surface area is 142 Å². The van der Waals surface area contributed by atoms with Gasteiger partial charge in [0.15, 0.2) is 5.82 Å². The Bertz CT molecular complexity index is 711. The summed E-state index contributed by atoms with van der Waals surface area (Å²) in [6.45, 7) is 2.99. The molecule has 1 aliphatic rings. The van der Waals surface area contributed by atoms with E-state index in [0.717, 1.165) is 48.8 Å². The van der Waals surface area contributed by atoms with Gasteiger partial charge in [-0.3, -0.25) is 4.79 Å². The van der Waals surface area contributed by atoms with Crippen molar-refractivity contribution in [1.82, 2.24) is 20.1 Å². The molecule has 24 heavy (non-hydrogen) atoms. The molecule has 0 spiro atoms. The second-order valence-electron chi connectivity index (χ2n) is 6.11. The van der Waals surface area contributed by atoms with Crippen molar-refractivity contribution in [2.24, 2.45) is 0 Å². The van der Waals surface area contributed by atoms with E-state index in [1.54, 1.807) is 7.11 Å². The number of amides is 1. The summed E-state index contributed by atoms with van der Waals surface area (Å²) in [5.74, 6) is 2.58. The molecule has 0 aliphatic carbocycles. The number of nitrogens with one attached hydrogen (secondary N) is 1. The van der Waals surface area contributed by atoms with Gasteiger partial charge in [-0.1, -0.05) is 31.5 Å². The van der Waals surface area contributed by atoms with Crippen LogP contribution in [0.15, 0.2) is 24.3 Å². The first kappa shape index (κ1) is 16.5. The van der Waals surface area contributed by atoms with E-state index in [9.17, 15) is 4.79 Å². The summed E-state index contributed by atoms with van der Waals surface area (Å²) in [5.41, 5.74) is 1.06. The van der Waals surface area contributed by atoms with E-state index in [0.29, 0.717) is 12.8 Å². The first-order valence-electron chi connectivity index (χ1n) is 8.56. The minimum Gasteiger partial charge on any atom is -0.496 e. The monoisotopic (exact) mass is 328 g/mol. The third kappa shape index (κ3) is 3.58. The highest BCUT2D eigenvalue weighted by atomic mass is 16.5. The molecular formula is C18H24N4O2. The molecule has 1 aromatic carbocycles. The molecule has 0 radical (unpaired) electrons. The van der Waals surface area contributed by atoms with Gasteiger partial charge in [0.05, 0.1) is 13.2 Å². The molecule has 2 heterocycles. The summed E-state index contributed by atoms with van der Waals surface area (Å²) in [7, 11) is 1.67. The zero-order chi connectivity index (χ0) is 16.9. The van der Waals surface area contributed by atoms with Crippen LogP contribution in [0.4, 0.5) is 0 Å². The van der Waals surface area contributed by atoms with Crippen LogP contribution in [0.2, 0.25) is 0 Å². The molecule has 1 N–H and O–H groups in total. The molecule has 0 bridgehead atoms. The van der Waals surface area contributed by atoms with Gasteiger partial charge in [-0.25, -0.2) is 9.67 Å². The van der Waals surface area contributed by atoms with Crippen LogP contribution in [-0.2, 0) is 17.8 Å². The third-order valence-corrected chi connectivity index (χ3v) is 4.32. The highest BCUT2D eigenvalue weighted by Crippen LogP contribution is 2.25. The first-order valence-corrected chi connectivity index (χ1v) is 8.56. The fraction of sp³-hybridized carbons (Fsp3) is 0.500. The third-order valence-electron chi connectivity index (χ3n) is 4.32. The fourth-order valence-corrected chi connectivity index (χ4v) is 3.04. The maximum atomic E-state index is 11.5. The van der Waals surface area contributed by atoms with Gasteiger partial charge < -0.3 is 10.1 Å². The van der Waals surface area contributed by atoms with Crippen LogP contribution in [0.3, 0.4) is 0 Å². The van der Waals surface area contributed by atoms with Crippen molar-refractivity contribution in [3.8, 4) is 5.75 Å². The topological polar surface area (TPSA) is 69.0 Å². The average molecular weight is 328 g/mol. The predicted octanol–water partition coefficient (Wildman–Crippen LogP) is 2.63. The van der Waals surface area contributed by atoms with E-state index >= 15 is 0 Å². The van der Waals surface area contributed by atoms with Crippen molar-refractivity contribution in [2.45, 2.75) is 51.6 Å². The SMILES string of the molecule is CCCCn1nc(Cc2ccccc2OC)nc1[C@H]1CCC(=O)N1. The van der Waals surface area contributed by atoms with E-state index in [-0.39, 0.29) is 11.9 Å². The summed E-state index contributed by atoms with van der Waals surface area (Å²) < 4.78 is 7.38. The summed E-state index contributed by atoms with van der Waals surface area (Å²) in [5, 5.41) is 7.69.